The lowest BCUT2D eigenvalue weighted by Crippen LogP contribution is -2.15. The second kappa shape index (κ2) is 4.92. The van der Waals surface area contributed by atoms with E-state index in [-0.39, 0.29) is 22.4 Å². The molecule has 1 saturated carbocycles. The SMILES string of the molecule is Nc1cc(C(=O)OC2CCCC2)c(Cl)cc1F. The van der Waals surface area contributed by atoms with Crippen LogP contribution in [-0.4, -0.2) is 12.1 Å². The lowest BCUT2D eigenvalue weighted by atomic mass is 10.2. The first-order valence-corrected chi connectivity index (χ1v) is 5.91. The maximum Gasteiger partial charge on any atom is 0.340 e. The molecule has 0 bridgehead atoms. The summed E-state index contributed by atoms with van der Waals surface area (Å²) in [4.78, 5) is 11.8. The molecule has 3 nitrogen and oxygen atoms in total. The third-order valence-electron chi connectivity index (χ3n) is 2.88. The van der Waals surface area contributed by atoms with Gasteiger partial charge in [0.1, 0.15) is 11.9 Å². The minimum absolute atomic E-state index is 0.0275. The highest BCUT2D eigenvalue weighted by Gasteiger charge is 2.22. The molecule has 0 aromatic heterocycles. The average Bonchev–Trinajstić information content (AvgIpc) is 2.76. The van der Waals surface area contributed by atoms with Gasteiger partial charge < -0.3 is 10.5 Å². The van der Waals surface area contributed by atoms with Crippen LogP contribution in [0.15, 0.2) is 12.1 Å². The largest absolute Gasteiger partial charge is 0.459 e. The van der Waals surface area contributed by atoms with Gasteiger partial charge in [0.05, 0.1) is 16.3 Å². The number of hydrogen-bond donors (Lipinski definition) is 1. The zero-order valence-corrected chi connectivity index (χ0v) is 9.97. The van der Waals surface area contributed by atoms with E-state index >= 15 is 0 Å². The van der Waals surface area contributed by atoms with Gasteiger partial charge in [-0.25, -0.2) is 9.18 Å². The van der Waals surface area contributed by atoms with Crippen LogP contribution in [0, 0.1) is 5.82 Å². The van der Waals surface area contributed by atoms with Crippen LogP contribution in [0.5, 0.6) is 0 Å². The molecular weight excluding hydrogens is 245 g/mol. The average molecular weight is 258 g/mol. The van der Waals surface area contributed by atoms with E-state index in [0.29, 0.717) is 0 Å². The van der Waals surface area contributed by atoms with Crippen LogP contribution in [0.4, 0.5) is 10.1 Å². The molecule has 0 unspecified atom stereocenters. The van der Waals surface area contributed by atoms with Gasteiger partial charge in [-0.15, -0.1) is 0 Å². The molecule has 17 heavy (non-hydrogen) atoms. The Balaban J connectivity index is 2.15. The van der Waals surface area contributed by atoms with Crippen molar-refractivity contribution >= 4 is 23.3 Å². The summed E-state index contributed by atoms with van der Waals surface area (Å²) < 4.78 is 18.3. The quantitative estimate of drug-likeness (QED) is 0.654. The molecule has 0 amide bonds. The molecule has 1 aliphatic rings. The van der Waals surface area contributed by atoms with Crippen LogP contribution in [0.3, 0.4) is 0 Å². The number of anilines is 1. The molecule has 1 aliphatic carbocycles. The van der Waals surface area contributed by atoms with Gasteiger partial charge in [-0.05, 0) is 37.8 Å². The first-order valence-electron chi connectivity index (χ1n) is 5.53. The first kappa shape index (κ1) is 12.2. The molecule has 0 heterocycles. The molecular formula is C12H13ClFNO2. The second-order valence-corrected chi connectivity index (χ2v) is 4.57. The topological polar surface area (TPSA) is 52.3 Å². The van der Waals surface area contributed by atoms with E-state index in [0.717, 1.165) is 31.7 Å². The number of benzene rings is 1. The number of rotatable bonds is 2. The molecule has 2 rings (SSSR count). The minimum Gasteiger partial charge on any atom is -0.459 e. The van der Waals surface area contributed by atoms with E-state index < -0.39 is 11.8 Å². The molecule has 0 atom stereocenters. The predicted molar refractivity (Wildman–Crippen MR) is 63.5 cm³/mol. The summed E-state index contributed by atoms with van der Waals surface area (Å²) >= 11 is 5.79. The van der Waals surface area contributed by atoms with Gasteiger partial charge in [-0.3, -0.25) is 0 Å². The summed E-state index contributed by atoms with van der Waals surface area (Å²) in [6.07, 6.45) is 3.83. The summed E-state index contributed by atoms with van der Waals surface area (Å²) in [5.41, 5.74) is 5.41. The van der Waals surface area contributed by atoms with Crippen molar-refractivity contribution in [3.05, 3.63) is 28.5 Å². The third-order valence-corrected chi connectivity index (χ3v) is 3.19. The molecule has 0 spiro atoms. The van der Waals surface area contributed by atoms with E-state index in [4.69, 9.17) is 22.1 Å². The number of nitrogens with two attached hydrogens (primary N) is 1. The van der Waals surface area contributed by atoms with Crippen LogP contribution in [-0.2, 0) is 4.74 Å². The third kappa shape index (κ3) is 2.69. The monoisotopic (exact) mass is 257 g/mol. The van der Waals surface area contributed by atoms with Crippen molar-refractivity contribution in [2.24, 2.45) is 0 Å². The van der Waals surface area contributed by atoms with Gasteiger partial charge in [0, 0.05) is 0 Å². The lowest BCUT2D eigenvalue weighted by molar-refractivity contribution is 0.0318. The van der Waals surface area contributed by atoms with Crippen molar-refractivity contribution in [2.45, 2.75) is 31.8 Å². The molecule has 2 N–H and O–H groups in total. The van der Waals surface area contributed by atoms with E-state index in [2.05, 4.69) is 0 Å². The zero-order chi connectivity index (χ0) is 12.4. The molecule has 5 heteroatoms. The molecule has 1 aromatic carbocycles. The second-order valence-electron chi connectivity index (χ2n) is 4.17. The number of carbonyl (C=O) groups excluding carboxylic acids is 1. The van der Waals surface area contributed by atoms with Crippen molar-refractivity contribution in [1.29, 1.82) is 0 Å². The summed E-state index contributed by atoms with van der Waals surface area (Å²) in [5, 5.41) is 0.0275. The summed E-state index contributed by atoms with van der Waals surface area (Å²) in [6, 6.07) is 2.25. The Morgan fingerprint density at radius 2 is 2.06 bits per heavy atom. The molecule has 1 aromatic rings. The van der Waals surface area contributed by atoms with Gasteiger partial charge in [0.15, 0.2) is 0 Å². The van der Waals surface area contributed by atoms with Gasteiger partial charge in [-0.1, -0.05) is 11.6 Å². The van der Waals surface area contributed by atoms with Crippen molar-refractivity contribution in [3.63, 3.8) is 0 Å². The van der Waals surface area contributed by atoms with Crippen LogP contribution in [0.1, 0.15) is 36.0 Å². The highest BCUT2D eigenvalue weighted by atomic mass is 35.5. The van der Waals surface area contributed by atoms with Crippen LogP contribution in [0.25, 0.3) is 0 Å². The Hall–Kier alpha value is -1.29. The number of carbonyl (C=O) groups is 1. The fourth-order valence-electron chi connectivity index (χ4n) is 1.94. The Morgan fingerprint density at radius 3 is 2.71 bits per heavy atom. The van der Waals surface area contributed by atoms with Gasteiger partial charge in [0.2, 0.25) is 0 Å². The van der Waals surface area contributed by atoms with Crippen LogP contribution in [0.2, 0.25) is 5.02 Å². The summed E-state index contributed by atoms with van der Waals surface area (Å²) in [5.74, 6) is -1.17. The maximum atomic E-state index is 13.1. The number of nitrogen functional groups attached to an aromatic ring is 1. The minimum atomic E-state index is -0.632. The van der Waals surface area contributed by atoms with Crippen molar-refractivity contribution in [1.82, 2.24) is 0 Å². The Morgan fingerprint density at radius 1 is 1.41 bits per heavy atom. The normalized spacial score (nSPS) is 16.1. The molecule has 92 valence electrons. The van der Waals surface area contributed by atoms with Gasteiger partial charge in [0.25, 0.3) is 0 Å². The number of halogens is 2. The highest BCUT2D eigenvalue weighted by molar-refractivity contribution is 6.33. The van der Waals surface area contributed by atoms with Crippen LogP contribution >= 0.6 is 11.6 Å². The molecule has 0 aliphatic heterocycles. The maximum absolute atomic E-state index is 13.1. The lowest BCUT2D eigenvalue weighted by Gasteiger charge is -2.12. The van der Waals surface area contributed by atoms with Gasteiger partial charge >= 0.3 is 5.97 Å². The highest BCUT2D eigenvalue weighted by Crippen LogP contribution is 2.26. The van der Waals surface area contributed by atoms with E-state index in [1.165, 1.54) is 6.07 Å². The Kier molecular flexibility index (Phi) is 3.52. The standard InChI is InChI=1S/C12H13ClFNO2/c13-9-6-10(14)11(15)5-8(9)12(16)17-7-3-1-2-4-7/h5-7H,1-4,15H2. The first-order chi connectivity index (χ1) is 8.08. The van der Waals surface area contributed by atoms with Crippen molar-refractivity contribution < 1.29 is 13.9 Å². The number of esters is 1. The number of hydrogen-bond acceptors (Lipinski definition) is 3. The van der Waals surface area contributed by atoms with E-state index in [1.807, 2.05) is 0 Å². The van der Waals surface area contributed by atoms with E-state index in [9.17, 15) is 9.18 Å². The van der Waals surface area contributed by atoms with Crippen LogP contribution < -0.4 is 5.73 Å². The molecule has 1 fully saturated rings. The van der Waals surface area contributed by atoms with Crippen molar-refractivity contribution in [2.75, 3.05) is 5.73 Å². The smallest absolute Gasteiger partial charge is 0.340 e. The fraction of sp³-hybridized carbons (Fsp3) is 0.417. The summed E-state index contributed by atoms with van der Waals surface area (Å²) in [7, 11) is 0. The predicted octanol–water partition coefficient (Wildman–Crippen LogP) is 3.16. The molecule has 0 saturated heterocycles. The van der Waals surface area contributed by atoms with Crippen molar-refractivity contribution in [3.8, 4) is 0 Å². The number of ether oxygens (including phenoxy) is 1. The summed E-state index contributed by atoms with van der Waals surface area (Å²) in [6.45, 7) is 0. The molecule has 0 radical (unpaired) electrons. The Labute approximate surface area is 104 Å². The van der Waals surface area contributed by atoms with Gasteiger partial charge in [-0.2, -0.15) is 0 Å². The Bertz CT molecular complexity index is 444. The van der Waals surface area contributed by atoms with E-state index in [1.54, 1.807) is 0 Å². The fourth-order valence-corrected chi connectivity index (χ4v) is 2.17. The zero-order valence-electron chi connectivity index (χ0n) is 9.21.